The number of hydrogen-bond donors (Lipinski definition) is 2. The Bertz CT molecular complexity index is 1110. The van der Waals surface area contributed by atoms with Gasteiger partial charge in [0.25, 0.3) is 0 Å². The highest BCUT2D eigenvalue weighted by Gasteiger charge is 2.15. The summed E-state index contributed by atoms with van der Waals surface area (Å²) in [5.41, 5.74) is 3.97. The Morgan fingerprint density at radius 3 is 2.89 bits per heavy atom. The molecule has 0 aliphatic carbocycles. The molecule has 2 heterocycles. The third kappa shape index (κ3) is 3.59. The van der Waals surface area contributed by atoms with Gasteiger partial charge in [-0.3, -0.25) is 4.79 Å². The molecule has 0 radical (unpaired) electrons. The molecule has 2 N–H and O–H groups in total. The van der Waals surface area contributed by atoms with Crippen LogP contribution in [0.5, 0.6) is 0 Å². The predicted molar refractivity (Wildman–Crippen MR) is 109 cm³/mol. The van der Waals surface area contributed by atoms with Crippen LogP contribution in [-0.4, -0.2) is 31.4 Å². The van der Waals surface area contributed by atoms with Gasteiger partial charge in [0.2, 0.25) is 5.91 Å². The summed E-state index contributed by atoms with van der Waals surface area (Å²) in [5.74, 6) is 0.977. The van der Waals surface area contributed by atoms with E-state index in [1.807, 2.05) is 67.2 Å². The van der Waals surface area contributed by atoms with Crippen molar-refractivity contribution in [1.29, 1.82) is 0 Å². The molecular formula is C20H19N5OS. The first-order valence-corrected chi connectivity index (χ1v) is 9.55. The Morgan fingerprint density at radius 2 is 2.04 bits per heavy atom. The summed E-state index contributed by atoms with van der Waals surface area (Å²) in [6.45, 7) is 2.00. The summed E-state index contributed by atoms with van der Waals surface area (Å²) >= 11 is 1.37. The van der Waals surface area contributed by atoms with Crippen LogP contribution in [-0.2, 0) is 11.8 Å². The third-order valence-corrected chi connectivity index (χ3v) is 5.32. The van der Waals surface area contributed by atoms with Crippen LogP contribution in [0.1, 0.15) is 5.56 Å². The topological polar surface area (TPSA) is 75.6 Å². The van der Waals surface area contributed by atoms with Gasteiger partial charge in [0.05, 0.1) is 5.75 Å². The normalized spacial score (nSPS) is 11.0. The maximum atomic E-state index is 12.2. The van der Waals surface area contributed by atoms with Crippen molar-refractivity contribution >= 4 is 34.3 Å². The van der Waals surface area contributed by atoms with Crippen LogP contribution in [0.4, 0.5) is 5.69 Å². The van der Waals surface area contributed by atoms with Gasteiger partial charge in [-0.05, 0) is 30.7 Å². The minimum atomic E-state index is -0.0674. The number of hydrogen-bond acceptors (Lipinski definition) is 4. The highest BCUT2D eigenvalue weighted by Crippen LogP contribution is 2.29. The van der Waals surface area contributed by atoms with E-state index in [1.54, 1.807) is 0 Å². The number of amides is 1. The van der Waals surface area contributed by atoms with Gasteiger partial charge in [-0.2, -0.15) is 0 Å². The zero-order valence-corrected chi connectivity index (χ0v) is 15.9. The van der Waals surface area contributed by atoms with E-state index in [-0.39, 0.29) is 11.7 Å². The van der Waals surface area contributed by atoms with Gasteiger partial charge in [-0.25, -0.2) is 0 Å². The lowest BCUT2D eigenvalue weighted by atomic mass is 10.1. The molecule has 0 fully saturated rings. The molecule has 2 aromatic heterocycles. The number of fused-ring (bicyclic) bond motifs is 1. The number of aromatic nitrogens is 4. The molecule has 0 aliphatic rings. The number of H-pyrrole nitrogens is 1. The number of nitrogens with zero attached hydrogens (tertiary/aromatic N) is 3. The van der Waals surface area contributed by atoms with E-state index < -0.39 is 0 Å². The van der Waals surface area contributed by atoms with Crippen molar-refractivity contribution < 1.29 is 4.79 Å². The molecule has 2 aromatic carbocycles. The van der Waals surface area contributed by atoms with Gasteiger partial charge in [0.1, 0.15) is 0 Å². The Kier molecular flexibility index (Phi) is 4.68. The van der Waals surface area contributed by atoms with Gasteiger partial charge >= 0.3 is 0 Å². The van der Waals surface area contributed by atoms with Crippen molar-refractivity contribution in [2.75, 3.05) is 11.1 Å². The van der Waals surface area contributed by atoms with Gasteiger partial charge < -0.3 is 14.9 Å². The molecule has 4 aromatic rings. The first-order chi connectivity index (χ1) is 13.1. The lowest BCUT2D eigenvalue weighted by Crippen LogP contribution is -2.14. The number of carbonyl (C=O) groups excluding carboxylic acids is 1. The summed E-state index contributed by atoms with van der Waals surface area (Å²) in [5, 5.41) is 13.3. The Labute approximate surface area is 161 Å². The van der Waals surface area contributed by atoms with E-state index in [2.05, 4.69) is 26.6 Å². The summed E-state index contributed by atoms with van der Waals surface area (Å²) in [6, 6.07) is 15.8. The highest BCUT2D eigenvalue weighted by atomic mass is 32.2. The number of carbonyl (C=O) groups is 1. The molecule has 0 aliphatic heterocycles. The number of nitrogens with one attached hydrogen (secondary N) is 2. The first-order valence-electron chi connectivity index (χ1n) is 8.57. The molecule has 6 nitrogen and oxygen atoms in total. The van der Waals surface area contributed by atoms with Crippen molar-refractivity contribution in [1.82, 2.24) is 19.7 Å². The van der Waals surface area contributed by atoms with E-state index in [0.717, 1.165) is 33.5 Å². The monoisotopic (exact) mass is 377 g/mol. The fourth-order valence-corrected chi connectivity index (χ4v) is 3.69. The lowest BCUT2D eigenvalue weighted by Gasteiger charge is -2.06. The molecule has 0 saturated carbocycles. The van der Waals surface area contributed by atoms with E-state index in [9.17, 15) is 4.79 Å². The molecule has 27 heavy (non-hydrogen) atoms. The van der Waals surface area contributed by atoms with Crippen LogP contribution in [0.15, 0.2) is 59.9 Å². The van der Waals surface area contributed by atoms with Crippen molar-refractivity contribution in [2.24, 2.45) is 7.05 Å². The molecule has 0 atom stereocenters. The van der Waals surface area contributed by atoms with Gasteiger partial charge in [-0.1, -0.05) is 42.1 Å². The van der Waals surface area contributed by atoms with E-state index in [0.29, 0.717) is 5.16 Å². The quantitative estimate of drug-likeness (QED) is 0.516. The Morgan fingerprint density at radius 1 is 1.19 bits per heavy atom. The van der Waals surface area contributed by atoms with E-state index in [4.69, 9.17) is 0 Å². The zero-order chi connectivity index (χ0) is 18.8. The smallest absolute Gasteiger partial charge is 0.234 e. The minimum Gasteiger partial charge on any atom is -0.360 e. The van der Waals surface area contributed by atoms with Crippen LogP contribution >= 0.6 is 11.8 Å². The standard InChI is InChI=1S/C20H19N5OS/c1-13-6-5-7-14(10-13)22-18(26)12-27-20-24-23-19(25(20)2)16-11-21-17-9-4-3-8-15(16)17/h3-11,21H,12H2,1-2H3,(H,22,26). The molecule has 0 spiro atoms. The second kappa shape index (κ2) is 7.28. The van der Waals surface area contributed by atoms with Crippen LogP contribution in [0.2, 0.25) is 0 Å². The van der Waals surface area contributed by atoms with Crippen LogP contribution in [0, 0.1) is 6.92 Å². The number of thioether (sulfide) groups is 1. The van der Waals surface area contributed by atoms with E-state index in [1.165, 1.54) is 11.8 Å². The fraction of sp³-hybridized carbons (Fsp3) is 0.150. The molecule has 4 rings (SSSR count). The highest BCUT2D eigenvalue weighted by molar-refractivity contribution is 7.99. The minimum absolute atomic E-state index is 0.0674. The summed E-state index contributed by atoms with van der Waals surface area (Å²) in [7, 11) is 1.91. The van der Waals surface area contributed by atoms with Crippen LogP contribution in [0.25, 0.3) is 22.3 Å². The molecular weight excluding hydrogens is 358 g/mol. The zero-order valence-electron chi connectivity index (χ0n) is 15.1. The number of benzene rings is 2. The molecule has 0 saturated heterocycles. The predicted octanol–water partition coefficient (Wildman–Crippen LogP) is 4.00. The molecule has 0 unspecified atom stereocenters. The summed E-state index contributed by atoms with van der Waals surface area (Å²) in [6.07, 6.45) is 1.94. The Hall–Kier alpha value is -3.06. The Balaban J connectivity index is 1.47. The third-order valence-electron chi connectivity index (χ3n) is 4.30. The SMILES string of the molecule is Cc1cccc(NC(=O)CSc2nnc(-c3c[nH]c4ccccc34)n2C)c1. The first kappa shape index (κ1) is 17.4. The maximum Gasteiger partial charge on any atom is 0.234 e. The van der Waals surface area contributed by atoms with Crippen molar-refractivity contribution in [3.05, 3.63) is 60.3 Å². The van der Waals surface area contributed by atoms with Crippen molar-refractivity contribution in [2.45, 2.75) is 12.1 Å². The van der Waals surface area contributed by atoms with Gasteiger partial charge in [0, 0.05) is 35.4 Å². The van der Waals surface area contributed by atoms with Crippen molar-refractivity contribution in [3.8, 4) is 11.4 Å². The number of aromatic amines is 1. The van der Waals surface area contributed by atoms with Crippen LogP contribution in [0.3, 0.4) is 0 Å². The van der Waals surface area contributed by atoms with Gasteiger partial charge in [-0.15, -0.1) is 10.2 Å². The summed E-state index contributed by atoms with van der Waals surface area (Å²) < 4.78 is 1.92. The summed E-state index contributed by atoms with van der Waals surface area (Å²) in [4.78, 5) is 15.5. The number of para-hydroxylation sites is 1. The lowest BCUT2D eigenvalue weighted by molar-refractivity contribution is -0.113. The molecule has 0 bridgehead atoms. The average Bonchev–Trinajstić information content (AvgIpc) is 3.23. The van der Waals surface area contributed by atoms with Crippen LogP contribution < -0.4 is 5.32 Å². The number of aryl methyl sites for hydroxylation is 1. The molecule has 136 valence electrons. The second-order valence-corrected chi connectivity index (χ2v) is 7.26. The van der Waals surface area contributed by atoms with Gasteiger partial charge in [0.15, 0.2) is 11.0 Å². The molecule has 7 heteroatoms. The average molecular weight is 377 g/mol. The number of anilines is 1. The van der Waals surface area contributed by atoms with E-state index >= 15 is 0 Å². The molecule has 1 amide bonds. The second-order valence-electron chi connectivity index (χ2n) is 6.32. The fourth-order valence-electron chi connectivity index (χ4n) is 2.98. The number of rotatable bonds is 5. The maximum absolute atomic E-state index is 12.2. The van der Waals surface area contributed by atoms with Crippen molar-refractivity contribution in [3.63, 3.8) is 0 Å². The largest absolute Gasteiger partial charge is 0.360 e.